The predicted molar refractivity (Wildman–Crippen MR) is 115 cm³/mol. The number of para-hydroxylation sites is 2. The average molecular weight is 381 g/mol. The molecule has 2 N–H and O–H groups in total. The maximum Gasteiger partial charge on any atom is 0.175 e. The Bertz CT molecular complexity index is 947. The molecule has 0 radical (unpaired) electrons. The molecular weight excluding hydrogens is 356 g/mol. The van der Waals surface area contributed by atoms with Crippen LogP contribution in [0, 0.1) is 20.8 Å². The van der Waals surface area contributed by atoms with Gasteiger partial charge in [0.05, 0.1) is 36.4 Å². The van der Waals surface area contributed by atoms with Crippen LogP contribution in [0.5, 0.6) is 5.75 Å². The van der Waals surface area contributed by atoms with Crippen molar-refractivity contribution in [3.63, 3.8) is 0 Å². The van der Waals surface area contributed by atoms with Crippen molar-refractivity contribution in [1.29, 1.82) is 0 Å². The molecule has 3 rings (SSSR count). The van der Waals surface area contributed by atoms with Crippen LogP contribution in [0.2, 0.25) is 0 Å². The molecule has 27 heavy (non-hydrogen) atoms. The lowest BCUT2D eigenvalue weighted by Crippen LogP contribution is -2.20. The summed E-state index contributed by atoms with van der Waals surface area (Å²) < 4.78 is 7.35. The number of nitrogens with one attached hydrogen (secondary N) is 2. The van der Waals surface area contributed by atoms with Crippen molar-refractivity contribution < 1.29 is 4.74 Å². The summed E-state index contributed by atoms with van der Waals surface area (Å²) in [5, 5.41) is 11.6. The molecule has 0 bridgehead atoms. The molecular formula is C21H24N4OS. The molecule has 0 saturated heterocycles. The van der Waals surface area contributed by atoms with Crippen molar-refractivity contribution in [3.05, 3.63) is 71.0 Å². The first-order valence-corrected chi connectivity index (χ1v) is 9.19. The lowest BCUT2D eigenvalue weighted by Gasteiger charge is -2.13. The van der Waals surface area contributed by atoms with E-state index in [9.17, 15) is 0 Å². The summed E-state index contributed by atoms with van der Waals surface area (Å²) in [6, 6.07) is 16.2. The first kappa shape index (κ1) is 18.9. The lowest BCUT2D eigenvalue weighted by molar-refractivity contribution is 0.417. The molecule has 0 aliphatic carbocycles. The van der Waals surface area contributed by atoms with Crippen LogP contribution in [0.3, 0.4) is 0 Å². The summed E-state index contributed by atoms with van der Waals surface area (Å²) in [7, 11) is 1.64. The highest BCUT2D eigenvalue weighted by Gasteiger charge is 2.14. The minimum atomic E-state index is 0.501. The highest BCUT2D eigenvalue weighted by Crippen LogP contribution is 2.25. The standard InChI is InChI=1S/C21H24N4OS/c1-14-9-11-17(12-10-14)13-25-16(3)20(15(2)24-25)23-21(27)22-18-7-5-6-8-19(18)26-4/h5-12H,13H2,1-4H3,(H2,22,23,27). The first-order valence-electron chi connectivity index (χ1n) is 8.78. The van der Waals surface area contributed by atoms with E-state index in [1.807, 2.05) is 42.8 Å². The third kappa shape index (κ3) is 4.46. The quantitative estimate of drug-likeness (QED) is 0.630. The second-order valence-electron chi connectivity index (χ2n) is 6.47. The number of aromatic nitrogens is 2. The highest BCUT2D eigenvalue weighted by atomic mass is 32.1. The second kappa shape index (κ2) is 8.22. The third-order valence-corrected chi connectivity index (χ3v) is 4.63. The van der Waals surface area contributed by atoms with Gasteiger partial charge in [-0.3, -0.25) is 4.68 Å². The minimum Gasteiger partial charge on any atom is -0.495 e. The average Bonchev–Trinajstić information content (AvgIpc) is 2.91. The fourth-order valence-electron chi connectivity index (χ4n) is 2.91. The number of hydrogen-bond acceptors (Lipinski definition) is 3. The highest BCUT2D eigenvalue weighted by molar-refractivity contribution is 7.80. The molecule has 0 unspecified atom stereocenters. The normalized spacial score (nSPS) is 10.5. The molecule has 0 saturated carbocycles. The van der Waals surface area contributed by atoms with Gasteiger partial charge in [0.25, 0.3) is 0 Å². The molecule has 3 aromatic rings. The maximum atomic E-state index is 5.48. The second-order valence-corrected chi connectivity index (χ2v) is 6.88. The van der Waals surface area contributed by atoms with Gasteiger partial charge in [-0.2, -0.15) is 5.10 Å². The number of benzene rings is 2. The molecule has 5 nitrogen and oxygen atoms in total. The van der Waals surface area contributed by atoms with E-state index in [1.54, 1.807) is 7.11 Å². The fourth-order valence-corrected chi connectivity index (χ4v) is 3.13. The van der Waals surface area contributed by atoms with Crippen molar-refractivity contribution in [2.24, 2.45) is 0 Å². The molecule has 1 heterocycles. The number of aryl methyl sites for hydroxylation is 2. The van der Waals surface area contributed by atoms with Gasteiger partial charge in [-0.15, -0.1) is 0 Å². The van der Waals surface area contributed by atoms with Gasteiger partial charge >= 0.3 is 0 Å². The first-order chi connectivity index (χ1) is 13.0. The zero-order valence-corrected chi connectivity index (χ0v) is 16.9. The van der Waals surface area contributed by atoms with Gasteiger partial charge in [0.2, 0.25) is 0 Å². The van der Waals surface area contributed by atoms with Crippen molar-refractivity contribution in [1.82, 2.24) is 9.78 Å². The third-order valence-electron chi connectivity index (χ3n) is 4.43. The molecule has 6 heteroatoms. The fraction of sp³-hybridized carbons (Fsp3) is 0.238. The number of rotatable bonds is 5. The molecule has 0 aliphatic heterocycles. The van der Waals surface area contributed by atoms with Gasteiger partial charge in [-0.1, -0.05) is 42.0 Å². The minimum absolute atomic E-state index is 0.501. The summed E-state index contributed by atoms with van der Waals surface area (Å²) in [5.74, 6) is 0.741. The van der Waals surface area contributed by atoms with E-state index in [2.05, 4.69) is 46.9 Å². The van der Waals surface area contributed by atoms with Crippen molar-refractivity contribution in [2.45, 2.75) is 27.3 Å². The van der Waals surface area contributed by atoms with Crippen LogP contribution in [0.1, 0.15) is 22.5 Å². The maximum absolute atomic E-state index is 5.48. The Labute approximate surface area is 165 Å². The van der Waals surface area contributed by atoms with E-state index < -0.39 is 0 Å². The van der Waals surface area contributed by atoms with E-state index >= 15 is 0 Å². The Hall–Kier alpha value is -2.86. The molecule has 0 aliphatic rings. The van der Waals surface area contributed by atoms with Gasteiger partial charge in [0.1, 0.15) is 5.75 Å². The molecule has 0 amide bonds. The number of thiocarbonyl (C=S) groups is 1. The van der Waals surface area contributed by atoms with Gasteiger partial charge < -0.3 is 15.4 Å². The largest absolute Gasteiger partial charge is 0.495 e. The SMILES string of the molecule is COc1ccccc1NC(=S)Nc1c(C)nn(Cc2ccc(C)cc2)c1C. The molecule has 2 aromatic carbocycles. The van der Waals surface area contributed by atoms with E-state index in [-0.39, 0.29) is 0 Å². The van der Waals surface area contributed by atoms with E-state index in [1.165, 1.54) is 11.1 Å². The Morgan fingerprint density at radius 3 is 2.44 bits per heavy atom. The van der Waals surface area contributed by atoms with Crippen LogP contribution >= 0.6 is 12.2 Å². The van der Waals surface area contributed by atoms with E-state index in [4.69, 9.17) is 17.0 Å². The number of nitrogens with zero attached hydrogens (tertiary/aromatic N) is 2. The number of methoxy groups -OCH3 is 1. The Morgan fingerprint density at radius 2 is 1.74 bits per heavy atom. The van der Waals surface area contributed by atoms with Crippen LogP contribution in [0.15, 0.2) is 48.5 Å². The summed E-state index contributed by atoms with van der Waals surface area (Å²) in [6.07, 6.45) is 0. The molecule has 0 spiro atoms. The smallest absolute Gasteiger partial charge is 0.175 e. The number of anilines is 2. The van der Waals surface area contributed by atoms with E-state index in [0.717, 1.165) is 35.1 Å². The molecule has 0 atom stereocenters. The Morgan fingerprint density at radius 1 is 1.04 bits per heavy atom. The molecule has 140 valence electrons. The summed E-state index contributed by atoms with van der Waals surface area (Å²) >= 11 is 5.48. The van der Waals surface area contributed by atoms with Gasteiger partial charge in [0, 0.05) is 0 Å². The molecule has 1 aromatic heterocycles. The van der Waals surface area contributed by atoms with Crippen LogP contribution in [-0.4, -0.2) is 22.0 Å². The van der Waals surface area contributed by atoms with Crippen LogP contribution in [0.4, 0.5) is 11.4 Å². The van der Waals surface area contributed by atoms with Crippen LogP contribution in [0.25, 0.3) is 0 Å². The van der Waals surface area contributed by atoms with Crippen molar-refractivity contribution >= 4 is 28.7 Å². The summed E-state index contributed by atoms with van der Waals surface area (Å²) in [6.45, 7) is 6.83. The zero-order chi connectivity index (χ0) is 19.4. The summed E-state index contributed by atoms with van der Waals surface area (Å²) in [4.78, 5) is 0. The van der Waals surface area contributed by atoms with Gasteiger partial charge in [-0.05, 0) is 50.7 Å². The molecule has 0 fully saturated rings. The monoisotopic (exact) mass is 380 g/mol. The predicted octanol–water partition coefficient (Wildman–Crippen LogP) is 4.67. The summed E-state index contributed by atoms with van der Waals surface area (Å²) in [5.41, 5.74) is 6.16. The number of hydrogen-bond donors (Lipinski definition) is 2. The van der Waals surface area contributed by atoms with Gasteiger partial charge in [0.15, 0.2) is 5.11 Å². The van der Waals surface area contributed by atoms with Crippen LogP contribution in [-0.2, 0) is 6.54 Å². The number of ether oxygens (including phenoxy) is 1. The van der Waals surface area contributed by atoms with Crippen molar-refractivity contribution in [2.75, 3.05) is 17.7 Å². The zero-order valence-electron chi connectivity index (χ0n) is 16.0. The van der Waals surface area contributed by atoms with Crippen molar-refractivity contribution in [3.8, 4) is 5.75 Å². The lowest BCUT2D eigenvalue weighted by atomic mass is 10.1. The van der Waals surface area contributed by atoms with Gasteiger partial charge in [-0.25, -0.2) is 0 Å². The Balaban J connectivity index is 1.74. The van der Waals surface area contributed by atoms with E-state index in [0.29, 0.717) is 5.11 Å². The topological polar surface area (TPSA) is 51.1 Å². The Kier molecular flexibility index (Phi) is 5.76. The van der Waals surface area contributed by atoms with Crippen LogP contribution < -0.4 is 15.4 Å².